The Morgan fingerprint density at radius 1 is 1.23 bits per heavy atom. The van der Waals surface area contributed by atoms with Crippen molar-refractivity contribution in [3.63, 3.8) is 0 Å². The molecule has 3 heterocycles. The fourth-order valence-electron chi connectivity index (χ4n) is 4.15. The van der Waals surface area contributed by atoms with Gasteiger partial charge < -0.3 is 18.9 Å². The summed E-state index contributed by atoms with van der Waals surface area (Å²) in [6.45, 7) is 5.71. The Bertz CT molecular complexity index is 842. The molecule has 1 amide bonds. The first-order valence-corrected chi connectivity index (χ1v) is 10.5. The van der Waals surface area contributed by atoms with Gasteiger partial charge in [-0.1, -0.05) is 0 Å². The Hall–Kier alpha value is -2.45. The van der Waals surface area contributed by atoms with Crippen molar-refractivity contribution in [3.05, 3.63) is 47.8 Å². The zero-order valence-electron chi connectivity index (χ0n) is 17.6. The number of likely N-dealkylation sites (tertiary alicyclic amines) is 1. The molecule has 0 N–H and O–H groups in total. The second-order valence-corrected chi connectivity index (χ2v) is 8.14. The molecule has 162 valence electrons. The Morgan fingerprint density at radius 3 is 2.63 bits per heavy atom. The van der Waals surface area contributed by atoms with E-state index in [1.165, 1.54) is 12.1 Å². The molecule has 4 rings (SSSR count). The third kappa shape index (κ3) is 4.99. The highest BCUT2D eigenvalue weighted by Crippen LogP contribution is 2.22. The maximum Gasteiger partial charge on any atom is 0.248 e. The van der Waals surface area contributed by atoms with Gasteiger partial charge in [-0.25, -0.2) is 9.37 Å². The van der Waals surface area contributed by atoms with E-state index < -0.39 is 0 Å². The zero-order valence-corrected chi connectivity index (χ0v) is 17.6. The minimum Gasteiger partial charge on any atom is -0.491 e. The second kappa shape index (κ2) is 9.14. The smallest absolute Gasteiger partial charge is 0.248 e. The lowest BCUT2D eigenvalue weighted by Crippen LogP contribution is -2.55. The number of aromatic nitrogens is 2. The van der Waals surface area contributed by atoms with E-state index in [0.717, 1.165) is 44.0 Å². The summed E-state index contributed by atoms with van der Waals surface area (Å²) in [7, 11) is 2.01. The number of rotatable bonds is 6. The highest BCUT2D eigenvalue weighted by atomic mass is 19.1. The third-order valence-electron chi connectivity index (χ3n) is 5.95. The van der Waals surface area contributed by atoms with Gasteiger partial charge in [0.15, 0.2) is 0 Å². The van der Waals surface area contributed by atoms with E-state index in [4.69, 9.17) is 9.47 Å². The summed E-state index contributed by atoms with van der Waals surface area (Å²) in [4.78, 5) is 21.4. The van der Waals surface area contributed by atoms with Crippen LogP contribution in [0.15, 0.2) is 30.5 Å². The quantitative estimate of drug-likeness (QED) is 0.722. The van der Waals surface area contributed by atoms with Gasteiger partial charge in [0.25, 0.3) is 0 Å². The number of carbonyl (C=O) groups is 1. The molecule has 0 saturated carbocycles. The molecule has 2 aliphatic heterocycles. The first-order chi connectivity index (χ1) is 14.5. The number of carbonyl (C=O) groups excluding carboxylic acids is 1. The molecule has 1 atom stereocenters. The summed E-state index contributed by atoms with van der Waals surface area (Å²) in [5.74, 6) is 1.37. The normalized spacial score (nSPS) is 21.2. The molecule has 1 aromatic carbocycles. The summed E-state index contributed by atoms with van der Waals surface area (Å²) >= 11 is 0. The number of benzene rings is 1. The third-order valence-corrected chi connectivity index (χ3v) is 5.95. The minimum absolute atomic E-state index is 0.0480. The average Bonchev–Trinajstić information content (AvgIpc) is 3.06. The van der Waals surface area contributed by atoms with Gasteiger partial charge in [-0.15, -0.1) is 0 Å². The first kappa shape index (κ1) is 20.8. The Labute approximate surface area is 176 Å². The molecule has 7 nitrogen and oxygen atoms in total. The van der Waals surface area contributed by atoms with Crippen LogP contribution in [0.3, 0.4) is 0 Å². The molecule has 0 radical (unpaired) electrons. The van der Waals surface area contributed by atoms with E-state index in [2.05, 4.69) is 16.1 Å². The van der Waals surface area contributed by atoms with Crippen LogP contribution in [0, 0.1) is 12.7 Å². The number of hydrogen-bond donors (Lipinski definition) is 0. The molecule has 30 heavy (non-hydrogen) atoms. The van der Waals surface area contributed by atoms with Gasteiger partial charge in [0.2, 0.25) is 5.91 Å². The van der Waals surface area contributed by atoms with E-state index in [0.29, 0.717) is 18.9 Å². The van der Waals surface area contributed by atoms with Gasteiger partial charge in [0.1, 0.15) is 36.7 Å². The lowest BCUT2D eigenvalue weighted by atomic mass is 10.0. The largest absolute Gasteiger partial charge is 0.491 e. The standard InChI is InChI=1S/C22H29FN4O3/c1-16-24-18(11-25(16)2)12-26-9-7-19(8-10-26)27-13-21(30-15-22(27)28)14-29-20-5-3-17(23)4-6-20/h3-6,11,19,21H,7-10,12-15H2,1-2H3. The Kier molecular flexibility index (Phi) is 6.34. The SMILES string of the molecule is Cc1nc(CN2CCC(N3CC(COc4ccc(F)cc4)OCC3=O)CC2)cn1C. The number of piperidine rings is 1. The number of hydrogen-bond acceptors (Lipinski definition) is 5. The van der Waals surface area contributed by atoms with Crippen molar-refractivity contribution in [1.29, 1.82) is 0 Å². The molecule has 2 aromatic rings. The lowest BCUT2D eigenvalue weighted by Gasteiger charge is -2.42. The van der Waals surface area contributed by atoms with Crippen LogP contribution in [0.4, 0.5) is 4.39 Å². The number of ether oxygens (including phenoxy) is 2. The number of amides is 1. The highest BCUT2D eigenvalue weighted by Gasteiger charge is 2.34. The molecular formula is C22H29FN4O3. The molecule has 8 heteroatoms. The van der Waals surface area contributed by atoms with E-state index in [-0.39, 0.29) is 30.5 Å². The Balaban J connectivity index is 1.26. The maximum atomic E-state index is 13.0. The molecule has 2 saturated heterocycles. The van der Waals surface area contributed by atoms with Crippen molar-refractivity contribution in [3.8, 4) is 5.75 Å². The summed E-state index contributed by atoms with van der Waals surface area (Å²) in [6, 6.07) is 6.16. The van der Waals surface area contributed by atoms with E-state index >= 15 is 0 Å². The van der Waals surface area contributed by atoms with Gasteiger partial charge in [0, 0.05) is 38.9 Å². The fourth-order valence-corrected chi connectivity index (χ4v) is 4.15. The fraction of sp³-hybridized carbons (Fsp3) is 0.545. The predicted molar refractivity (Wildman–Crippen MR) is 110 cm³/mol. The van der Waals surface area contributed by atoms with Crippen LogP contribution >= 0.6 is 0 Å². The molecular weight excluding hydrogens is 387 g/mol. The van der Waals surface area contributed by atoms with Crippen LogP contribution in [0.25, 0.3) is 0 Å². The van der Waals surface area contributed by atoms with Crippen LogP contribution in [0.2, 0.25) is 0 Å². The number of imidazole rings is 1. The van der Waals surface area contributed by atoms with Crippen molar-refractivity contribution in [2.45, 2.75) is 38.5 Å². The molecule has 0 bridgehead atoms. The van der Waals surface area contributed by atoms with Crippen molar-refractivity contribution in [2.24, 2.45) is 7.05 Å². The summed E-state index contributed by atoms with van der Waals surface area (Å²) < 4.78 is 26.4. The van der Waals surface area contributed by atoms with Gasteiger partial charge >= 0.3 is 0 Å². The molecule has 0 spiro atoms. The van der Waals surface area contributed by atoms with Gasteiger partial charge in [-0.05, 0) is 44.0 Å². The van der Waals surface area contributed by atoms with Crippen LogP contribution in [-0.2, 0) is 23.1 Å². The molecule has 1 aromatic heterocycles. The van der Waals surface area contributed by atoms with E-state index in [1.54, 1.807) is 12.1 Å². The second-order valence-electron chi connectivity index (χ2n) is 8.14. The predicted octanol–water partition coefficient (Wildman–Crippen LogP) is 2.14. The van der Waals surface area contributed by atoms with E-state index in [9.17, 15) is 9.18 Å². The molecule has 2 fully saturated rings. The summed E-state index contributed by atoms with van der Waals surface area (Å²) in [5, 5.41) is 0. The Morgan fingerprint density at radius 2 is 1.97 bits per heavy atom. The topological polar surface area (TPSA) is 59.8 Å². The van der Waals surface area contributed by atoms with Crippen LogP contribution in [-0.4, -0.2) is 70.3 Å². The van der Waals surface area contributed by atoms with Crippen LogP contribution < -0.4 is 4.74 Å². The van der Waals surface area contributed by atoms with Crippen molar-refractivity contribution in [1.82, 2.24) is 19.4 Å². The first-order valence-electron chi connectivity index (χ1n) is 10.5. The number of nitrogens with zero attached hydrogens (tertiary/aromatic N) is 4. The highest BCUT2D eigenvalue weighted by molar-refractivity contribution is 5.78. The lowest BCUT2D eigenvalue weighted by molar-refractivity contribution is -0.155. The van der Waals surface area contributed by atoms with Crippen molar-refractivity contribution in [2.75, 3.05) is 32.8 Å². The summed E-state index contributed by atoms with van der Waals surface area (Å²) in [6.07, 6.45) is 3.80. The maximum absolute atomic E-state index is 13.0. The van der Waals surface area contributed by atoms with Gasteiger partial charge in [-0.3, -0.25) is 9.69 Å². The molecule has 0 aliphatic carbocycles. The number of halogens is 1. The molecule has 2 aliphatic rings. The number of aryl methyl sites for hydroxylation is 2. The zero-order chi connectivity index (χ0) is 21.1. The van der Waals surface area contributed by atoms with Gasteiger partial charge in [-0.2, -0.15) is 0 Å². The average molecular weight is 416 g/mol. The summed E-state index contributed by atoms with van der Waals surface area (Å²) in [5.41, 5.74) is 1.09. The van der Waals surface area contributed by atoms with Crippen LogP contribution in [0.5, 0.6) is 5.75 Å². The van der Waals surface area contributed by atoms with E-state index in [1.807, 2.05) is 23.4 Å². The van der Waals surface area contributed by atoms with Crippen molar-refractivity contribution < 1.29 is 18.7 Å². The van der Waals surface area contributed by atoms with Crippen molar-refractivity contribution >= 4 is 5.91 Å². The molecule has 1 unspecified atom stereocenters. The monoisotopic (exact) mass is 416 g/mol. The minimum atomic E-state index is -0.294. The van der Waals surface area contributed by atoms with Crippen LogP contribution in [0.1, 0.15) is 24.4 Å². The van der Waals surface area contributed by atoms with Gasteiger partial charge in [0.05, 0.1) is 12.2 Å². The number of morpholine rings is 1.